The standard InChI is InChI=1S/C24H28N8/c1-16-7-8-19-20(25-16)9-10-21-23(19)26-22(15-17-5-3-2-4-6-17)32(21)18-11-13-31(14-12-18)24-27-29-30-28-24/h2-6,9-10,16,18,25H,7-8,11-15H2,1H3,(H,27,28,29,30)/t16-/m0/s1. The lowest BCUT2D eigenvalue weighted by Crippen LogP contribution is -2.35. The second kappa shape index (κ2) is 7.93. The predicted molar refractivity (Wildman–Crippen MR) is 125 cm³/mol. The first-order chi connectivity index (χ1) is 15.8. The van der Waals surface area contributed by atoms with Crippen molar-refractivity contribution in [3.63, 3.8) is 0 Å². The third kappa shape index (κ3) is 3.39. The van der Waals surface area contributed by atoms with Crippen LogP contribution in [0.4, 0.5) is 11.6 Å². The molecule has 164 valence electrons. The molecule has 2 aliphatic rings. The van der Waals surface area contributed by atoms with Crippen molar-refractivity contribution in [3.05, 3.63) is 59.4 Å². The van der Waals surface area contributed by atoms with Crippen molar-refractivity contribution in [1.82, 2.24) is 30.2 Å². The Kier molecular flexibility index (Phi) is 4.78. The van der Waals surface area contributed by atoms with E-state index in [-0.39, 0.29) is 0 Å². The van der Waals surface area contributed by atoms with Crippen LogP contribution in [-0.2, 0) is 12.8 Å². The molecule has 0 aliphatic carbocycles. The Bertz CT molecular complexity index is 1210. The van der Waals surface area contributed by atoms with Crippen LogP contribution in [0.2, 0.25) is 0 Å². The van der Waals surface area contributed by atoms with Crippen molar-refractivity contribution in [1.29, 1.82) is 0 Å². The molecule has 0 radical (unpaired) electrons. The molecule has 8 nitrogen and oxygen atoms in total. The van der Waals surface area contributed by atoms with E-state index in [1.54, 1.807) is 0 Å². The first-order valence-electron chi connectivity index (χ1n) is 11.6. The lowest BCUT2D eigenvalue weighted by Gasteiger charge is -2.33. The Balaban J connectivity index is 1.39. The Morgan fingerprint density at radius 3 is 2.66 bits per heavy atom. The molecule has 8 heteroatoms. The van der Waals surface area contributed by atoms with E-state index in [2.05, 4.69) is 84.8 Å². The monoisotopic (exact) mass is 428 g/mol. The molecule has 0 spiro atoms. The zero-order chi connectivity index (χ0) is 21.5. The normalized spacial score (nSPS) is 19.2. The fraction of sp³-hybridized carbons (Fsp3) is 0.417. The van der Waals surface area contributed by atoms with Gasteiger partial charge in [-0.25, -0.2) is 10.1 Å². The molecule has 1 fully saturated rings. The molecule has 1 saturated heterocycles. The van der Waals surface area contributed by atoms with Crippen molar-refractivity contribution < 1.29 is 0 Å². The van der Waals surface area contributed by atoms with Crippen molar-refractivity contribution in [2.24, 2.45) is 0 Å². The van der Waals surface area contributed by atoms with Gasteiger partial charge in [-0.2, -0.15) is 0 Å². The Morgan fingerprint density at radius 2 is 1.88 bits per heavy atom. The number of rotatable bonds is 4. The zero-order valence-electron chi connectivity index (χ0n) is 18.3. The minimum atomic E-state index is 0.416. The SMILES string of the molecule is C[C@H]1CCc2c(ccc3c2nc(Cc2ccccc2)n3C2CCN(c3nnn[nH]3)CC2)N1. The van der Waals surface area contributed by atoms with E-state index in [0.717, 1.165) is 57.0 Å². The number of nitrogens with one attached hydrogen (secondary N) is 2. The van der Waals surface area contributed by atoms with E-state index in [1.807, 2.05) is 0 Å². The van der Waals surface area contributed by atoms with Gasteiger partial charge in [-0.15, -0.1) is 0 Å². The second-order valence-electron chi connectivity index (χ2n) is 9.05. The summed E-state index contributed by atoms with van der Waals surface area (Å²) >= 11 is 0. The van der Waals surface area contributed by atoms with Crippen LogP contribution in [-0.4, -0.2) is 49.3 Å². The number of nitrogens with zero attached hydrogens (tertiary/aromatic N) is 6. The Hall–Kier alpha value is -3.42. The van der Waals surface area contributed by atoms with Crippen molar-refractivity contribution in [3.8, 4) is 0 Å². The average molecular weight is 429 g/mol. The van der Waals surface area contributed by atoms with Gasteiger partial charge in [-0.05, 0) is 60.7 Å². The second-order valence-corrected chi connectivity index (χ2v) is 9.05. The zero-order valence-corrected chi connectivity index (χ0v) is 18.3. The van der Waals surface area contributed by atoms with Crippen LogP contribution in [0.5, 0.6) is 0 Å². The van der Waals surface area contributed by atoms with Gasteiger partial charge in [0.05, 0.1) is 11.0 Å². The quantitative estimate of drug-likeness (QED) is 0.515. The van der Waals surface area contributed by atoms with Gasteiger partial charge in [0.2, 0.25) is 5.95 Å². The van der Waals surface area contributed by atoms with Crippen LogP contribution in [0.1, 0.15) is 49.2 Å². The number of hydrogen-bond donors (Lipinski definition) is 2. The average Bonchev–Trinajstić information content (AvgIpc) is 3.48. The number of aromatic nitrogens is 6. The largest absolute Gasteiger partial charge is 0.382 e. The molecule has 2 aromatic carbocycles. The lowest BCUT2D eigenvalue weighted by atomic mass is 9.97. The third-order valence-electron chi connectivity index (χ3n) is 6.94. The molecule has 4 heterocycles. The van der Waals surface area contributed by atoms with Gasteiger partial charge in [-0.1, -0.05) is 35.4 Å². The van der Waals surface area contributed by atoms with Gasteiger partial charge in [0.15, 0.2) is 0 Å². The Labute approximate surface area is 187 Å². The summed E-state index contributed by atoms with van der Waals surface area (Å²) in [4.78, 5) is 7.50. The van der Waals surface area contributed by atoms with Crippen molar-refractivity contribution in [2.75, 3.05) is 23.3 Å². The number of hydrogen-bond acceptors (Lipinski definition) is 6. The highest BCUT2D eigenvalue weighted by Gasteiger charge is 2.28. The highest BCUT2D eigenvalue weighted by atomic mass is 15.5. The summed E-state index contributed by atoms with van der Waals surface area (Å²) in [5.41, 5.74) is 6.37. The lowest BCUT2D eigenvalue weighted by molar-refractivity contribution is 0.393. The van der Waals surface area contributed by atoms with Crippen LogP contribution in [0.3, 0.4) is 0 Å². The summed E-state index contributed by atoms with van der Waals surface area (Å²) in [7, 11) is 0. The number of anilines is 2. The van der Waals surface area contributed by atoms with Crippen LogP contribution in [0.15, 0.2) is 42.5 Å². The molecule has 32 heavy (non-hydrogen) atoms. The molecular weight excluding hydrogens is 400 g/mol. The van der Waals surface area contributed by atoms with E-state index in [0.29, 0.717) is 12.1 Å². The maximum Gasteiger partial charge on any atom is 0.242 e. The van der Waals surface area contributed by atoms with Crippen LogP contribution in [0.25, 0.3) is 11.0 Å². The summed E-state index contributed by atoms with van der Waals surface area (Å²) in [6, 6.07) is 16.1. The molecule has 4 aromatic rings. The third-order valence-corrected chi connectivity index (χ3v) is 6.94. The molecule has 2 aromatic heterocycles. The number of aromatic amines is 1. The van der Waals surface area contributed by atoms with Crippen molar-refractivity contribution >= 4 is 22.7 Å². The van der Waals surface area contributed by atoms with E-state index in [9.17, 15) is 0 Å². The molecule has 1 atom stereocenters. The van der Waals surface area contributed by atoms with E-state index in [1.165, 1.54) is 27.8 Å². The number of piperidine rings is 1. The van der Waals surface area contributed by atoms with Gasteiger partial charge in [0, 0.05) is 42.8 Å². The van der Waals surface area contributed by atoms with Gasteiger partial charge < -0.3 is 14.8 Å². The van der Waals surface area contributed by atoms with Crippen LogP contribution in [0, 0.1) is 0 Å². The Morgan fingerprint density at radius 1 is 1.03 bits per heavy atom. The first-order valence-corrected chi connectivity index (χ1v) is 11.6. The van der Waals surface area contributed by atoms with Crippen LogP contribution < -0.4 is 10.2 Å². The summed E-state index contributed by atoms with van der Waals surface area (Å²) < 4.78 is 2.52. The molecule has 6 rings (SSSR count). The topological polar surface area (TPSA) is 87.6 Å². The van der Waals surface area contributed by atoms with Crippen LogP contribution >= 0.6 is 0 Å². The molecule has 0 unspecified atom stereocenters. The minimum Gasteiger partial charge on any atom is -0.382 e. The summed E-state index contributed by atoms with van der Waals surface area (Å²) in [6.45, 7) is 4.11. The van der Waals surface area contributed by atoms with E-state index >= 15 is 0 Å². The van der Waals surface area contributed by atoms with Gasteiger partial charge in [0.25, 0.3) is 0 Å². The summed E-state index contributed by atoms with van der Waals surface area (Å²) in [5.74, 6) is 1.93. The number of fused-ring (bicyclic) bond motifs is 3. The number of benzene rings is 2. The highest BCUT2D eigenvalue weighted by molar-refractivity contribution is 5.86. The fourth-order valence-electron chi connectivity index (χ4n) is 5.29. The fourth-order valence-corrected chi connectivity index (χ4v) is 5.29. The molecule has 0 saturated carbocycles. The number of aryl methyl sites for hydroxylation is 1. The maximum absolute atomic E-state index is 5.26. The van der Waals surface area contributed by atoms with Crippen molar-refractivity contribution in [2.45, 2.75) is 51.1 Å². The van der Waals surface area contributed by atoms with Gasteiger partial charge >= 0.3 is 0 Å². The van der Waals surface area contributed by atoms with Gasteiger partial charge in [0.1, 0.15) is 5.82 Å². The molecule has 2 N–H and O–H groups in total. The molecular formula is C24H28N8. The number of imidazole rings is 1. The maximum atomic E-state index is 5.26. The molecule has 0 amide bonds. The molecule has 0 bridgehead atoms. The van der Waals surface area contributed by atoms with E-state index < -0.39 is 0 Å². The highest BCUT2D eigenvalue weighted by Crippen LogP contribution is 2.36. The minimum absolute atomic E-state index is 0.416. The van der Waals surface area contributed by atoms with E-state index in [4.69, 9.17) is 4.98 Å². The molecule has 2 aliphatic heterocycles. The predicted octanol–water partition coefficient (Wildman–Crippen LogP) is 3.73. The summed E-state index contributed by atoms with van der Waals surface area (Å²) in [5, 5.41) is 18.1. The van der Waals surface area contributed by atoms with Gasteiger partial charge in [-0.3, -0.25) is 0 Å². The number of H-pyrrole nitrogens is 1. The number of tetrazole rings is 1. The first kappa shape index (κ1) is 19.3. The smallest absolute Gasteiger partial charge is 0.242 e. The summed E-state index contributed by atoms with van der Waals surface area (Å²) in [6.07, 6.45) is 5.16.